The number of hydrazone groups is 1. The van der Waals surface area contributed by atoms with Gasteiger partial charge in [0.2, 0.25) is 11.7 Å². The molecule has 3 rings (SSSR count). The molecule has 0 fully saturated rings. The highest BCUT2D eigenvalue weighted by Crippen LogP contribution is 2.18. The van der Waals surface area contributed by atoms with Crippen LogP contribution < -0.4 is 4.74 Å². The maximum Gasteiger partial charge on any atom is 0.306 e. The fourth-order valence-corrected chi connectivity index (χ4v) is 2.98. The first kappa shape index (κ1) is 20.3. The number of hydrogen-bond acceptors (Lipinski definition) is 6. The van der Waals surface area contributed by atoms with E-state index in [1.54, 1.807) is 24.3 Å². The van der Waals surface area contributed by atoms with Crippen LogP contribution in [-0.4, -0.2) is 48.6 Å². The summed E-state index contributed by atoms with van der Waals surface area (Å²) in [7, 11) is 1.47. The maximum absolute atomic E-state index is 12.3. The Morgan fingerprint density at radius 3 is 2.48 bits per heavy atom. The molecule has 0 saturated carbocycles. The lowest BCUT2D eigenvalue weighted by molar-refractivity contribution is -0.145. The molecule has 1 aliphatic rings. The quantitative estimate of drug-likeness (QED) is 0.508. The van der Waals surface area contributed by atoms with E-state index in [0.29, 0.717) is 24.3 Å². The van der Waals surface area contributed by atoms with Gasteiger partial charge in [-0.15, -0.1) is 0 Å². The first-order valence-corrected chi connectivity index (χ1v) is 9.33. The Labute approximate surface area is 168 Å². The highest BCUT2D eigenvalue weighted by atomic mass is 16.5. The van der Waals surface area contributed by atoms with E-state index in [-0.39, 0.29) is 24.5 Å². The minimum Gasteiger partial charge on any atom is -0.496 e. The topological polar surface area (TPSA) is 85.3 Å². The summed E-state index contributed by atoms with van der Waals surface area (Å²) in [6, 6.07) is 16.4. The molecule has 1 amide bonds. The summed E-state index contributed by atoms with van der Waals surface area (Å²) in [5.74, 6) is -0.791. The molecule has 7 nitrogen and oxygen atoms in total. The van der Waals surface area contributed by atoms with Crippen LogP contribution in [-0.2, 0) is 14.3 Å². The summed E-state index contributed by atoms with van der Waals surface area (Å²) in [5.41, 5.74) is 2.18. The SMILES string of the molecule is COc1ccccc1C(=O)COC(=O)CCC(=O)N1CCC(c2ccccc2)=N1. The van der Waals surface area contributed by atoms with Gasteiger partial charge in [0.15, 0.2) is 6.61 Å². The van der Waals surface area contributed by atoms with Crippen LogP contribution in [0.25, 0.3) is 0 Å². The van der Waals surface area contributed by atoms with Crippen LogP contribution in [0.5, 0.6) is 5.75 Å². The number of esters is 1. The van der Waals surface area contributed by atoms with Gasteiger partial charge in [-0.2, -0.15) is 5.10 Å². The van der Waals surface area contributed by atoms with Crippen LogP contribution in [0.3, 0.4) is 0 Å². The fourth-order valence-electron chi connectivity index (χ4n) is 2.98. The third-order valence-corrected chi connectivity index (χ3v) is 4.51. The van der Waals surface area contributed by atoms with Crippen LogP contribution in [0.4, 0.5) is 0 Å². The molecule has 1 aliphatic heterocycles. The fraction of sp³-hybridized carbons (Fsp3) is 0.273. The number of amides is 1. The van der Waals surface area contributed by atoms with Crippen molar-refractivity contribution >= 4 is 23.4 Å². The molecule has 29 heavy (non-hydrogen) atoms. The standard InChI is InChI=1S/C22H22N2O5/c1-28-20-10-6-5-9-17(20)19(25)15-29-22(27)12-11-21(26)24-14-13-18(23-24)16-7-3-2-4-8-16/h2-10H,11-15H2,1H3. The van der Waals surface area contributed by atoms with Gasteiger partial charge in [-0.25, -0.2) is 5.01 Å². The molecule has 0 saturated heterocycles. The van der Waals surface area contributed by atoms with E-state index in [0.717, 1.165) is 11.3 Å². The number of para-hydroxylation sites is 1. The molecule has 150 valence electrons. The predicted octanol–water partition coefficient (Wildman–Crippen LogP) is 2.84. The first-order chi connectivity index (χ1) is 14.1. The Bertz CT molecular complexity index is 924. The smallest absolute Gasteiger partial charge is 0.306 e. The molecular weight excluding hydrogens is 372 g/mol. The summed E-state index contributed by atoms with van der Waals surface area (Å²) in [6.07, 6.45) is 0.547. The zero-order valence-electron chi connectivity index (χ0n) is 16.2. The summed E-state index contributed by atoms with van der Waals surface area (Å²) in [4.78, 5) is 36.4. The van der Waals surface area contributed by atoms with Crippen molar-refractivity contribution in [1.82, 2.24) is 5.01 Å². The van der Waals surface area contributed by atoms with Gasteiger partial charge >= 0.3 is 5.97 Å². The van der Waals surface area contributed by atoms with Crippen LogP contribution in [0.1, 0.15) is 35.2 Å². The second kappa shape index (κ2) is 9.64. The van der Waals surface area contributed by atoms with Crippen molar-refractivity contribution in [1.29, 1.82) is 0 Å². The highest BCUT2D eigenvalue weighted by Gasteiger charge is 2.22. The lowest BCUT2D eigenvalue weighted by Crippen LogP contribution is -2.24. The van der Waals surface area contributed by atoms with Gasteiger partial charge in [0.1, 0.15) is 5.75 Å². The molecule has 0 aromatic heterocycles. The number of carbonyl (C=O) groups is 3. The molecule has 0 bridgehead atoms. The highest BCUT2D eigenvalue weighted by molar-refractivity contribution is 6.03. The number of nitrogens with zero attached hydrogens (tertiary/aromatic N) is 2. The van der Waals surface area contributed by atoms with Crippen molar-refractivity contribution in [3.63, 3.8) is 0 Å². The predicted molar refractivity (Wildman–Crippen MR) is 107 cm³/mol. The van der Waals surface area contributed by atoms with Gasteiger partial charge in [0.25, 0.3) is 0 Å². The van der Waals surface area contributed by atoms with Gasteiger partial charge in [0, 0.05) is 12.8 Å². The molecule has 0 radical (unpaired) electrons. The number of carbonyl (C=O) groups excluding carboxylic acids is 3. The van der Waals surface area contributed by atoms with Crippen LogP contribution >= 0.6 is 0 Å². The molecular formula is C22H22N2O5. The Kier molecular flexibility index (Phi) is 6.73. The van der Waals surface area contributed by atoms with Gasteiger partial charge < -0.3 is 9.47 Å². The number of methoxy groups -OCH3 is 1. The van der Waals surface area contributed by atoms with E-state index in [1.807, 2.05) is 30.3 Å². The number of ether oxygens (including phenoxy) is 2. The van der Waals surface area contributed by atoms with Crippen molar-refractivity contribution in [2.24, 2.45) is 5.10 Å². The average molecular weight is 394 g/mol. The summed E-state index contributed by atoms with van der Waals surface area (Å²) in [6.45, 7) is 0.0951. The van der Waals surface area contributed by atoms with E-state index >= 15 is 0 Å². The first-order valence-electron chi connectivity index (χ1n) is 9.33. The monoisotopic (exact) mass is 394 g/mol. The van der Waals surface area contributed by atoms with Gasteiger partial charge in [-0.1, -0.05) is 42.5 Å². The molecule has 2 aromatic rings. The Morgan fingerprint density at radius 1 is 1.00 bits per heavy atom. The summed E-state index contributed by atoms with van der Waals surface area (Å²) >= 11 is 0. The zero-order valence-corrected chi connectivity index (χ0v) is 16.2. The van der Waals surface area contributed by atoms with Crippen molar-refractivity contribution in [3.05, 3.63) is 65.7 Å². The van der Waals surface area contributed by atoms with E-state index < -0.39 is 12.6 Å². The van der Waals surface area contributed by atoms with E-state index in [4.69, 9.17) is 9.47 Å². The van der Waals surface area contributed by atoms with Crippen molar-refractivity contribution in [2.75, 3.05) is 20.3 Å². The molecule has 0 aliphatic carbocycles. The lowest BCUT2D eigenvalue weighted by Gasteiger charge is -2.11. The molecule has 0 atom stereocenters. The van der Waals surface area contributed by atoms with Crippen molar-refractivity contribution in [3.8, 4) is 5.75 Å². The lowest BCUT2D eigenvalue weighted by atomic mass is 10.1. The summed E-state index contributed by atoms with van der Waals surface area (Å²) in [5, 5.41) is 5.73. The summed E-state index contributed by atoms with van der Waals surface area (Å²) < 4.78 is 10.1. The molecule has 1 heterocycles. The normalized spacial score (nSPS) is 13.0. The van der Waals surface area contributed by atoms with Crippen LogP contribution in [0.2, 0.25) is 0 Å². The van der Waals surface area contributed by atoms with Gasteiger partial charge in [0.05, 0.1) is 31.4 Å². The van der Waals surface area contributed by atoms with E-state index in [9.17, 15) is 14.4 Å². The number of rotatable bonds is 8. The second-order valence-electron chi connectivity index (χ2n) is 6.46. The maximum atomic E-state index is 12.3. The Hall–Kier alpha value is -3.48. The van der Waals surface area contributed by atoms with Gasteiger partial charge in [-0.3, -0.25) is 14.4 Å². The van der Waals surface area contributed by atoms with Gasteiger partial charge in [-0.05, 0) is 17.7 Å². The minimum atomic E-state index is -0.604. The largest absolute Gasteiger partial charge is 0.496 e. The third kappa shape index (κ3) is 5.28. The number of Topliss-reactive ketones (excluding diaryl/α,β-unsaturated/α-hetero) is 1. The second-order valence-corrected chi connectivity index (χ2v) is 6.46. The minimum absolute atomic E-state index is 0.0206. The number of hydrogen-bond donors (Lipinski definition) is 0. The molecule has 2 aromatic carbocycles. The average Bonchev–Trinajstić information content (AvgIpc) is 3.27. The van der Waals surface area contributed by atoms with E-state index in [2.05, 4.69) is 5.10 Å². The number of ketones is 1. The number of benzene rings is 2. The molecule has 0 unspecified atom stereocenters. The third-order valence-electron chi connectivity index (χ3n) is 4.51. The zero-order chi connectivity index (χ0) is 20.6. The van der Waals surface area contributed by atoms with Crippen LogP contribution in [0.15, 0.2) is 59.7 Å². The molecule has 7 heteroatoms. The van der Waals surface area contributed by atoms with Crippen LogP contribution in [0, 0.1) is 0 Å². The molecule has 0 N–H and O–H groups in total. The molecule has 0 spiro atoms. The Morgan fingerprint density at radius 2 is 1.72 bits per heavy atom. The Balaban J connectivity index is 1.45. The van der Waals surface area contributed by atoms with Crippen molar-refractivity contribution < 1.29 is 23.9 Å². The van der Waals surface area contributed by atoms with E-state index in [1.165, 1.54) is 12.1 Å². The van der Waals surface area contributed by atoms with Crippen molar-refractivity contribution in [2.45, 2.75) is 19.3 Å².